The van der Waals surface area contributed by atoms with Gasteiger partial charge >= 0.3 is 0 Å². The highest BCUT2D eigenvalue weighted by atomic mass is 16.5. The lowest BCUT2D eigenvalue weighted by Gasteiger charge is -2.22. The summed E-state index contributed by atoms with van der Waals surface area (Å²) in [5.74, 6) is 2.70. The zero-order chi connectivity index (χ0) is 37.5. The van der Waals surface area contributed by atoms with Gasteiger partial charge in [-0.15, -0.1) is 0 Å². The molecule has 4 heterocycles. The third-order valence-corrected chi connectivity index (χ3v) is 11.4. The van der Waals surface area contributed by atoms with E-state index in [0.29, 0.717) is 17.5 Å². The van der Waals surface area contributed by atoms with Gasteiger partial charge in [0.1, 0.15) is 23.0 Å². The lowest BCUT2D eigenvalue weighted by atomic mass is 9.85. The molecule has 0 N–H and O–H groups in total. The Morgan fingerprint density at radius 3 is 1.95 bits per heavy atom. The Morgan fingerprint density at radius 2 is 1.12 bits per heavy atom. The van der Waals surface area contributed by atoms with Crippen molar-refractivity contribution in [3.63, 3.8) is 0 Å². The van der Waals surface area contributed by atoms with Gasteiger partial charge in [0.15, 0.2) is 17.5 Å². The van der Waals surface area contributed by atoms with Crippen LogP contribution in [0.2, 0.25) is 0 Å². The van der Waals surface area contributed by atoms with Crippen molar-refractivity contribution < 1.29 is 9.15 Å². The van der Waals surface area contributed by atoms with Gasteiger partial charge in [-0.3, -0.25) is 0 Å². The third-order valence-electron chi connectivity index (χ3n) is 11.4. The summed E-state index contributed by atoms with van der Waals surface area (Å²) in [7, 11) is 0. The third kappa shape index (κ3) is 5.07. The molecule has 57 heavy (non-hydrogen) atoms. The Kier molecular flexibility index (Phi) is 6.95. The van der Waals surface area contributed by atoms with Gasteiger partial charge in [0, 0.05) is 55.6 Å². The van der Waals surface area contributed by atoms with Crippen molar-refractivity contribution >= 4 is 38.9 Å². The minimum absolute atomic E-state index is 0.0211. The predicted octanol–water partition coefficient (Wildman–Crippen LogP) is 12.6. The molecule has 7 aromatic carbocycles. The summed E-state index contributed by atoms with van der Waals surface area (Å²) in [6.45, 7) is 0. The number of fused-ring (bicyclic) bond motifs is 10. The molecule has 0 radical (unpaired) electrons. The largest absolute Gasteiger partial charge is 0.484 e. The van der Waals surface area contributed by atoms with Gasteiger partial charge in [-0.05, 0) is 71.8 Å². The summed E-state index contributed by atoms with van der Waals surface area (Å²) in [5.41, 5.74) is 12.5. The highest BCUT2D eigenvalue weighted by molar-refractivity contribution is 6.05. The maximum Gasteiger partial charge on any atom is 0.164 e. The van der Waals surface area contributed by atoms with Gasteiger partial charge in [0.05, 0.1) is 11.2 Å². The van der Waals surface area contributed by atoms with E-state index in [1.807, 2.05) is 54.6 Å². The van der Waals surface area contributed by atoms with E-state index in [1.54, 1.807) is 0 Å². The van der Waals surface area contributed by atoms with Crippen LogP contribution in [0, 0.1) is 0 Å². The van der Waals surface area contributed by atoms with Crippen molar-refractivity contribution in [2.24, 2.45) is 0 Å². The quantitative estimate of drug-likeness (QED) is 0.176. The molecule has 0 saturated carbocycles. The lowest BCUT2D eigenvalue weighted by molar-refractivity contribution is 0.224. The summed E-state index contributed by atoms with van der Waals surface area (Å²) >= 11 is 0. The first-order valence-electron chi connectivity index (χ1n) is 19.3. The van der Waals surface area contributed by atoms with Crippen molar-refractivity contribution in [1.82, 2.24) is 19.5 Å². The summed E-state index contributed by atoms with van der Waals surface area (Å²) < 4.78 is 15.5. The van der Waals surface area contributed by atoms with Crippen LogP contribution in [0.3, 0.4) is 0 Å². The first-order valence-corrected chi connectivity index (χ1v) is 19.3. The molecule has 0 amide bonds. The summed E-state index contributed by atoms with van der Waals surface area (Å²) in [4.78, 5) is 15.2. The van der Waals surface area contributed by atoms with Crippen molar-refractivity contribution in [2.45, 2.75) is 12.0 Å². The van der Waals surface area contributed by atoms with Crippen LogP contribution >= 0.6 is 0 Å². The minimum Gasteiger partial charge on any atom is -0.484 e. The van der Waals surface area contributed by atoms with Crippen LogP contribution in [0.5, 0.6) is 5.75 Å². The fourth-order valence-electron chi connectivity index (χ4n) is 8.76. The molecule has 2 aliphatic rings. The van der Waals surface area contributed by atoms with Crippen LogP contribution in [-0.4, -0.2) is 19.5 Å². The Labute approximate surface area is 328 Å². The number of hydrogen-bond donors (Lipinski definition) is 0. The highest BCUT2D eigenvalue weighted by Crippen LogP contribution is 2.53. The maximum atomic E-state index is 6.90. The summed E-state index contributed by atoms with van der Waals surface area (Å²) in [6, 6.07) is 58.7. The fraction of sp³-hybridized carbons (Fsp3) is 0.0392. The van der Waals surface area contributed by atoms with E-state index in [4.69, 9.17) is 24.1 Å². The average molecular weight is 733 g/mol. The number of rotatable bonds is 5. The molecule has 0 spiro atoms. The molecule has 268 valence electrons. The van der Waals surface area contributed by atoms with Gasteiger partial charge in [-0.25, -0.2) is 15.0 Å². The normalized spacial score (nSPS) is 15.4. The number of nitrogens with zero attached hydrogens (tertiary/aromatic N) is 4. The molecule has 2 atom stereocenters. The van der Waals surface area contributed by atoms with Crippen LogP contribution in [-0.2, 0) is 0 Å². The van der Waals surface area contributed by atoms with E-state index >= 15 is 0 Å². The molecule has 2 unspecified atom stereocenters. The molecule has 12 rings (SSSR count). The number of ether oxygens (including phenoxy) is 1. The Morgan fingerprint density at radius 1 is 0.474 bits per heavy atom. The molecule has 1 aliphatic heterocycles. The molecule has 0 saturated heterocycles. The molecule has 3 aromatic heterocycles. The van der Waals surface area contributed by atoms with E-state index in [2.05, 4.69) is 132 Å². The van der Waals surface area contributed by atoms with Crippen molar-refractivity contribution in [2.75, 3.05) is 0 Å². The molecule has 0 fully saturated rings. The Balaban J connectivity index is 0.957. The van der Waals surface area contributed by atoms with Gasteiger partial charge < -0.3 is 13.7 Å². The summed E-state index contributed by atoms with van der Waals surface area (Å²) in [5, 5.41) is 3.35. The number of aromatic nitrogens is 4. The predicted molar refractivity (Wildman–Crippen MR) is 227 cm³/mol. The number of benzene rings is 7. The first-order chi connectivity index (χ1) is 28.2. The average Bonchev–Trinajstić information content (AvgIpc) is 3.96. The number of hydrogen-bond acceptors (Lipinski definition) is 5. The lowest BCUT2D eigenvalue weighted by Crippen LogP contribution is -2.13. The smallest absolute Gasteiger partial charge is 0.164 e. The van der Waals surface area contributed by atoms with Crippen LogP contribution < -0.4 is 4.74 Å². The van der Waals surface area contributed by atoms with Crippen LogP contribution in [0.25, 0.3) is 89.9 Å². The summed E-state index contributed by atoms with van der Waals surface area (Å²) in [6.07, 6.45) is 4.40. The van der Waals surface area contributed by atoms with Gasteiger partial charge in [-0.2, -0.15) is 0 Å². The SMILES string of the molecule is C1=CC2c3cc(-c4nc(-c5ccccc5)nc(-c5ccc6c(c5)oc5ccccc56)n4)ccc3OC2c2c1n(-c1cccc(-c3ccccc3)c1)c1ccccc21. The monoisotopic (exact) mass is 732 g/mol. The van der Waals surface area contributed by atoms with E-state index in [9.17, 15) is 0 Å². The van der Waals surface area contributed by atoms with Crippen LogP contribution in [0.15, 0.2) is 180 Å². The molecule has 6 nitrogen and oxygen atoms in total. The first kappa shape index (κ1) is 31.7. The number of para-hydroxylation sites is 2. The molecule has 6 heteroatoms. The second-order valence-electron chi connectivity index (χ2n) is 14.7. The number of furan rings is 1. The zero-order valence-electron chi connectivity index (χ0n) is 30.6. The zero-order valence-corrected chi connectivity index (χ0v) is 30.6. The van der Waals surface area contributed by atoms with E-state index in [0.717, 1.165) is 66.8 Å². The second-order valence-corrected chi connectivity index (χ2v) is 14.7. The second kappa shape index (κ2) is 12.5. The molecular formula is C51H32N4O2. The minimum atomic E-state index is -0.178. The fourth-order valence-corrected chi connectivity index (χ4v) is 8.76. The molecule has 10 aromatic rings. The topological polar surface area (TPSA) is 66.0 Å². The van der Waals surface area contributed by atoms with E-state index in [1.165, 1.54) is 22.1 Å². The van der Waals surface area contributed by atoms with E-state index < -0.39 is 0 Å². The Hall–Kier alpha value is -7.57. The van der Waals surface area contributed by atoms with Gasteiger partial charge in [-0.1, -0.05) is 121 Å². The van der Waals surface area contributed by atoms with Crippen molar-refractivity contribution in [3.8, 4) is 56.7 Å². The standard InChI is InChI=1S/C51H32N4O2/c1-3-12-31(13-4-1)33-16-11-17-36(28-33)55-42-20-9-7-19-40(42)47-43(55)26-25-39-41-29-34(23-27-45(41)57-48(39)47)50-52-49(32-14-5-2-6-15-32)53-51(54-50)35-22-24-38-37-18-8-10-21-44(37)56-46(38)30-35/h1-30,39,48H. The van der Waals surface area contributed by atoms with Crippen molar-refractivity contribution in [1.29, 1.82) is 0 Å². The molecule has 1 aliphatic carbocycles. The van der Waals surface area contributed by atoms with Gasteiger partial charge in [0.2, 0.25) is 0 Å². The molecular weight excluding hydrogens is 701 g/mol. The van der Waals surface area contributed by atoms with E-state index in [-0.39, 0.29) is 12.0 Å². The van der Waals surface area contributed by atoms with Crippen molar-refractivity contribution in [3.05, 3.63) is 193 Å². The van der Waals surface area contributed by atoms with Crippen LogP contribution in [0.1, 0.15) is 28.8 Å². The van der Waals surface area contributed by atoms with Crippen LogP contribution in [0.4, 0.5) is 0 Å². The maximum absolute atomic E-state index is 6.90. The highest BCUT2D eigenvalue weighted by Gasteiger charge is 2.40. The van der Waals surface area contributed by atoms with Gasteiger partial charge in [0.25, 0.3) is 0 Å². The Bertz CT molecular complexity index is 3240. The molecule has 0 bridgehead atoms.